The van der Waals surface area contributed by atoms with Crippen LogP contribution in [0.2, 0.25) is 0 Å². The van der Waals surface area contributed by atoms with Crippen LogP contribution >= 0.6 is 0 Å². The van der Waals surface area contributed by atoms with E-state index in [1.54, 1.807) is 0 Å². The van der Waals surface area contributed by atoms with Gasteiger partial charge in [-0.1, -0.05) is 66.2 Å². The zero-order valence-electron chi connectivity index (χ0n) is 25.6. The summed E-state index contributed by atoms with van der Waals surface area (Å²) >= 11 is 0. The Kier molecular flexibility index (Phi) is 5.59. The number of carboxylic acid groups (broad SMARTS) is 1. The maximum atomic E-state index is 13.1. The molecule has 39 heavy (non-hydrogen) atoms. The predicted molar refractivity (Wildman–Crippen MR) is 157 cm³/mol. The molecule has 3 fully saturated rings. The number of hydrogen-bond donors (Lipinski definition) is 3. The zero-order chi connectivity index (χ0) is 28.4. The molecule has 6 rings (SSSR count). The summed E-state index contributed by atoms with van der Waals surface area (Å²) in [6, 6.07) is 0. The molecule has 0 saturated heterocycles. The van der Waals surface area contributed by atoms with Crippen molar-refractivity contribution in [3.05, 3.63) is 34.6 Å². The lowest BCUT2D eigenvalue weighted by atomic mass is 9.33. The number of nitrogen functional groups attached to an aromatic ring is 1. The Hall–Kier alpha value is -2.04. The molecule has 5 heteroatoms. The smallest absolute Gasteiger partial charge is 0.310 e. The lowest BCUT2D eigenvalue weighted by Crippen LogP contribution is -2.65. The van der Waals surface area contributed by atoms with Gasteiger partial charge in [0.15, 0.2) is 0 Å². The molecule has 7 atom stereocenters. The lowest BCUT2D eigenvalue weighted by molar-refractivity contribution is -0.177. The number of aliphatic carboxylic acids is 1. The second-order valence-electron chi connectivity index (χ2n) is 16.3. The zero-order valence-corrected chi connectivity index (χ0v) is 25.6. The number of aromatic amines is 1. The van der Waals surface area contributed by atoms with Gasteiger partial charge in [0.1, 0.15) is 5.82 Å². The van der Waals surface area contributed by atoms with Crippen LogP contribution in [0.15, 0.2) is 23.3 Å². The second kappa shape index (κ2) is 8.03. The molecule has 3 saturated carbocycles. The highest BCUT2D eigenvalue weighted by molar-refractivity contribution is 5.77. The number of H-pyrrole nitrogens is 1. The molecule has 214 valence electrons. The first-order valence-corrected chi connectivity index (χ1v) is 15.5. The van der Waals surface area contributed by atoms with Crippen molar-refractivity contribution in [1.82, 2.24) is 10.2 Å². The van der Waals surface area contributed by atoms with Gasteiger partial charge in [0.25, 0.3) is 0 Å². The maximum absolute atomic E-state index is 13.1. The van der Waals surface area contributed by atoms with Gasteiger partial charge in [-0.2, -0.15) is 5.10 Å². The normalized spacial score (nSPS) is 44.2. The number of nitrogens with two attached hydrogens (primary N) is 1. The Morgan fingerprint density at radius 3 is 2.38 bits per heavy atom. The molecule has 0 amide bonds. The first-order valence-electron chi connectivity index (χ1n) is 15.5. The van der Waals surface area contributed by atoms with E-state index in [9.17, 15) is 9.90 Å². The Labute approximate surface area is 235 Å². The summed E-state index contributed by atoms with van der Waals surface area (Å²) in [5.74, 6) is 1.27. The van der Waals surface area contributed by atoms with Crippen LogP contribution in [0.5, 0.6) is 0 Å². The number of nitrogens with zero attached hydrogens (tertiary/aromatic N) is 1. The van der Waals surface area contributed by atoms with E-state index in [-0.39, 0.29) is 33.0 Å². The predicted octanol–water partition coefficient (Wildman–Crippen LogP) is 7.84. The lowest BCUT2D eigenvalue weighted by Gasteiger charge is -2.71. The van der Waals surface area contributed by atoms with Gasteiger partial charge in [-0.25, -0.2) is 0 Å². The van der Waals surface area contributed by atoms with Crippen LogP contribution in [0, 0.1) is 44.8 Å². The molecular weight excluding hydrogens is 482 g/mol. The fourth-order valence-electron chi connectivity index (χ4n) is 11.6. The molecule has 1 aromatic rings. The third kappa shape index (κ3) is 3.25. The average Bonchev–Trinajstić information content (AvgIpc) is 3.20. The molecule has 0 radical (unpaired) electrons. The van der Waals surface area contributed by atoms with Gasteiger partial charge in [0.05, 0.1) is 5.41 Å². The van der Waals surface area contributed by atoms with Crippen molar-refractivity contribution in [3.63, 3.8) is 0 Å². The number of carbonyl (C=O) groups is 1. The van der Waals surface area contributed by atoms with E-state index < -0.39 is 11.4 Å². The Balaban J connectivity index is 1.56. The average molecular weight is 534 g/mol. The third-order valence-electron chi connectivity index (χ3n) is 13.8. The number of fused-ring (bicyclic) bond motifs is 8. The van der Waals surface area contributed by atoms with E-state index in [4.69, 9.17) is 5.73 Å². The molecule has 0 aliphatic heterocycles. The fraction of sp³-hybridized carbons (Fsp3) is 0.765. The van der Waals surface area contributed by atoms with Gasteiger partial charge in [-0.15, -0.1) is 0 Å². The summed E-state index contributed by atoms with van der Waals surface area (Å²) in [7, 11) is 0. The number of allylic oxidation sites excluding steroid dienone is 4. The van der Waals surface area contributed by atoms with E-state index in [1.165, 1.54) is 35.2 Å². The van der Waals surface area contributed by atoms with Crippen LogP contribution in [0.25, 0.3) is 0 Å². The van der Waals surface area contributed by atoms with Gasteiger partial charge >= 0.3 is 5.97 Å². The number of hydrogen-bond acceptors (Lipinski definition) is 3. The Morgan fingerprint density at radius 2 is 1.72 bits per heavy atom. The highest BCUT2D eigenvalue weighted by Gasteiger charge is 2.70. The molecule has 7 unspecified atom stereocenters. The summed E-state index contributed by atoms with van der Waals surface area (Å²) in [4.78, 5) is 13.1. The molecule has 5 aliphatic rings. The summed E-state index contributed by atoms with van der Waals surface area (Å²) in [5.41, 5.74) is 11.7. The summed E-state index contributed by atoms with van der Waals surface area (Å²) in [6.07, 6.45) is 13.5. The monoisotopic (exact) mass is 533 g/mol. The first-order chi connectivity index (χ1) is 18.1. The van der Waals surface area contributed by atoms with Crippen LogP contribution in [0.1, 0.15) is 118 Å². The van der Waals surface area contributed by atoms with Crippen LogP contribution in [-0.4, -0.2) is 21.3 Å². The van der Waals surface area contributed by atoms with Crippen molar-refractivity contribution < 1.29 is 9.90 Å². The molecule has 1 aromatic heterocycles. The first kappa shape index (κ1) is 27.1. The third-order valence-corrected chi connectivity index (χ3v) is 13.8. The largest absolute Gasteiger partial charge is 0.481 e. The number of rotatable bonds is 2. The van der Waals surface area contributed by atoms with Gasteiger partial charge in [-0.05, 0) is 110 Å². The van der Waals surface area contributed by atoms with E-state index in [0.717, 1.165) is 44.9 Å². The van der Waals surface area contributed by atoms with Crippen molar-refractivity contribution in [2.75, 3.05) is 5.73 Å². The van der Waals surface area contributed by atoms with Crippen LogP contribution in [0.4, 0.5) is 5.82 Å². The summed E-state index contributed by atoms with van der Waals surface area (Å²) in [6.45, 7) is 19.3. The summed E-state index contributed by atoms with van der Waals surface area (Å²) in [5, 5.41) is 18.6. The van der Waals surface area contributed by atoms with E-state index >= 15 is 0 Å². The van der Waals surface area contributed by atoms with Crippen LogP contribution < -0.4 is 5.73 Å². The van der Waals surface area contributed by atoms with Crippen molar-refractivity contribution >= 4 is 11.8 Å². The minimum atomic E-state index is -0.617. The Bertz CT molecular complexity index is 1290. The van der Waals surface area contributed by atoms with Crippen LogP contribution in [-0.2, 0) is 16.6 Å². The molecule has 0 aromatic carbocycles. The van der Waals surface area contributed by atoms with Crippen molar-refractivity contribution in [3.8, 4) is 0 Å². The molecule has 1 heterocycles. The standard InChI is InChI=1S/C34H51N3O2/c1-9-10-20-17-24-31(6)18-21-26(36-37-27(21)35)30(4,5)23(31)11-12-32(24,7)33(8)14-16-34(28(38)39)15-13-29(2,3)19-22(34)25(20)33/h9-10,22-24H,11-19H2,1-8H3,(H,38,39)(H3,35,36,37)/b10-9+. The van der Waals surface area contributed by atoms with Gasteiger partial charge in [-0.3, -0.25) is 9.89 Å². The Morgan fingerprint density at radius 1 is 1.03 bits per heavy atom. The van der Waals surface area contributed by atoms with Gasteiger partial charge < -0.3 is 10.8 Å². The highest BCUT2D eigenvalue weighted by atomic mass is 16.4. The number of nitrogens with one attached hydrogen (secondary N) is 1. The highest BCUT2D eigenvalue weighted by Crippen LogP contribution is 2.76. The van der Waals surface area contributed by atoms with E-state index in [1.807, 2.05) is 0 Å². The quantitative estimate of drug-likeness (QED) is 0.361. The van der Waals surface area contributed by atoms with E-state index in [0.29, 0.717) is 17.7 Å². The maximum Gasteiger partial charge on any atom is 0.310 e. The second-order valence-corrected chi connectivity index (χ2v) is 16.3. The van der Waals surface area contributed by atoms with Crippen LogP contribution in [0.3, 0.4) is 0 Å². The van der Waals surface area contributed by atoms with E-state index in [2.05, 4.69) is 77.7 Å². The number of carboxylic acids is 1. The number of aromatic nitrogens is 2. The minimum Gasteiger partial charge on any atom is -0.481 e. The van der Waals surface area contributed by atoms with Crippen molar-refractivity contribution in [2.45, 2.75) is 119 Å². The number of anilines is 1. The van der Waals surface area contributed by atoms with Gasteiger partial charge in [0.2, 0.25) is 0 Å². The minimum absolute atomic E-state index is 0.0118. The van der Waals surface area contributed by atoms with Crippen molar-refractivity contribution in [1.29, 1.82) is 0 Å². The molecule has 0 bridgehead atoms. The SMILES string of the molecule is C/C=C/C1=C2C3CC(C)(C)CCC3(C(=O)O)CCC2(C)C2(C)CCC3C(C)(C)c4[nH]nc(N)c4CC3(C)C2C1. The fourth-order valence-corrected chi connectivity index (χ4v) is 11.6. The topological polar surface area (TPSA) is 92.0 Å². The molecule has 5 aliphatic carbocycles. The molecular formula is C34H51N3O2. The van der Waals surface area contributed by atoms with Gasteiger partial charge in [0, 0.05) is 16.7 Å². The molecule has 0 spiro atoms. The molecule has 4 N–H and O–H groups in total. The molecule has 5 nitrogen and oxygen atoms in total. The van der Waals surface area contributed by atoms with Crippen molar-refractivity contribution in [2.24, 2.45) is 44.8 Å². The summed E-state index contributed by atoms with van der Waals surface area (Å²) < 4.78 is 0.